The molecule has 0 bridgehead atoms. The molecule has 21 heavy (non-hydrogen) atoms. The minimum Gasteiger partial charge on any atom is -0.486 e. The molecule has 1 heterocycles. The lowest BCUT2D eigenvalue weighted by Gasteiger charge is -2.03. The van der Waals surface area contributed by atoms with E-state index < -0.39 is 11.6 Å². The molecule has 0 radical (unpaired) electrons. The van der Waals surface area contributed by atoms with Gasteiger partial charge in [0, 0.05) is 10.8 Å². The summed E-state index contributed by atoms with van der Waals surface area (Å²) in [6, 6.07) is 6.65. The highest BCUT2D eigenvalue weighted by Gasteiger charge is 2.18. The Morgan fingerprint density at radius 2 is 1.76 bits per heavy atom. The summed E-state index contributed by atoms with van der Waals surface area (Å²) in [4.78, 5) is 0. The van der Waals surface area contributed by atoms with Crippen molar-refractivity contribution in [2.75, 3.05) is 6.61 Å². The molecule has 0 atom stereocenters. The molecule has 0 unspecified atom stereocenters. The SMILES string of the molecule is C=CCOc1ccc2c(oc3c(F)c(CC)ccc32)c1F. The largest absolute Gasteiger partial charge is 0.486 e. The van der Waals surface area contributed by atoms with E-state index in [1.54, 1.807) is 18.2 Å². The van der Waals surface area contributed by atoms with E-state index in [9.17, 15) is 8.78 Å². The fourth-order valence-electron chi connectivity index (χ4n) is 2.39. The number of hydrogen-bond donors (Lipinski definition) is 0. The van der Waals surface area contributed by atoms with E-state index in [0.717, 1.165) is 0 Å². The van der Waals surface area contributed by atoms with Gasteiger partial charge < -0.3 is 9.15 Å². The van der Waals surface area contributed by atoms with E-state index >= 15 is 0 Å². The molecule has 0 aliphatic carbocycles. The molecule has 1 aromatic heterocycles. The van der Waals surface area contributed by atoms with E-state index in [4.69, 9.17) is 9.15 Å². The Balaban J connectivity index is 2.27. The Kier molecular flexibility index (Phi) is 3.37. The normalized spacial score (nSPS) is 11.2. The molecule has 0 amide bonds. The number of fused-ring (bicyclic) bond motifs is 3. The average Bonchev–Trinajstić information content (AvgIpc) is 2.88. The number of halogens is 2. The van der Waals surface area contributed by atoms with Gasteiger partial charge in [-0.3, -0.25) is 0 Å². The van der Waals surface area contributed by atoms with Crippen molar-refractivity contribution in [3.8, 4) is 5.75 Å². The van der Waals surface area contributed by atoms with Crippen molar-refractivity contribution in [2.24, 2.45) is 0 Å². The van der Waals surface area contributed by atoms with Crippen LogP contribution in [0.2, 0.25) is 0 Å². The highest BCUT2D eigenvalue weighted by atomic mass is 19.1. The van der Waals surface area contributed by atoms with Crippen molar-refractivity contribution in [1.82, 2.24) is 0 Å². The predicted molar refractivity (Wildman–Crippen MR) is 78.7 cm³/mol. The van der Waals surface area contributed by atoms with Crippen LogP contribution >= 0.6 is 0 Å². The van der Waals surface area contributed by atoms with Gasteiger partial charge in [-0.05, 0) is 30.2 Å². The molecule has 0 fully saturated rings. The summed E-state index contributed by atoms with van der Waals surface area (Å²) < 4.78 is 39.3. The van der Waals surface area contributed by atoms with Crippen LogP contribution in [0.5, 0.6) is 5.75 Å². The summed E-state index contributed by atoms with van der Waals surface area (Å²) in [6.07, 6.45) is 2.07. The molecule has 0 aliphatic heterocycles. The van der Waals surface area contributed by atoms with Gasteiger partial charge in [0.2, 0.25) is 5.82 Å². The van der Waals surface area contributed by atoms with Gasteiger partial charge in [0.05, 0.1) is 0 Å². The maximum Gasteiger partial charge on any atom is 0.208 e. The molecule has 0 N–H and O–H groups in total. The number of furan rings is 1. The Morgan fingerprint density at radius 3 is 2.43 bits per heavy atom. The fourth-order valence-corrected chi connectivity index (χ4v) is 2.39. The number of hydrogen-bond acceptors (Lipinski definition) is 2. The second kappa shape index (κ2) is 5.20. The molecule has 4 heteroatoms. The van der Waals surface area contributed by atoms with E-state index in [2.05, 4.69) is 6.58 Å². The first-order valence-electron chi connectivity index (χ1n) is 6.73. The maximum absolute atomic E-state index is 14.4. The standard InChI is InChI=1S/C17H14F2O2/c1-3-9-20-13-8-7-12-11-6-5-10(4-2)14(18)16(11)21-17(12)15(13)19/h3,5-8H,1,4,9H2,2H3. The topological polar surface area (TPSA) is 22.4 Å². The first-order valence-corrected chi connectivity index (χ1v) is 6.73. The smallest absolute Gasteiger partial charge is 0.208 e. The van der Waals surface area contributed by atoms with Crippen LogP contribution < -0.4 is 4.74 Å². The Hall–Kier alpha value is -2.36. The van der Waals surface area contributed by atoms with Crippen molar-refractivity contribution in [1.29, 1.82) is 0 Å². The molecule has 2 aromatic carbocycles. The van der Waals surface area contributed by atoms with Crippen LogP contribution in [0.4, 0.5) is 8.78 Å². The Bertz CT molecular complexity index is 834. The van der Waals surface area contributed by atoms with Crippen molar-refractivity contribution in [3.05, 3.63) is 54.1 Å². The lowest BCUT2D eigenvalue weighted by atomic mass is 10.1. The van der Waals surface area contributed by atoms with Gasteiger partial charge in [-0.15, -0.1) is 0 Å². The zero-order valence-electron chi connectivity index (χ0n) is 11.6. The van der Waals surface area contributed by atoms with Gasteiger partial charge in [-0.25, -0.2) is 4.39 Å². The molecule has 3 aromatic rings. The molecule has 108 valence electrons. The summed E-state index contributed by atoms with van der Waals surface area (Å²) >= 11 is 0. The second-order valence-corrected chi connectivity index (χ2v) is 4.73. The van der Waals surface area contributed by atoms with Crippen molar-refractivity contribution in [3.63, 3.8) is 0 Å². The summed E-state index contributed by atoms with van der Waals surface area (Å²) in [5.74, 6) is -0.986. The Morgan fingerprint density at radius 1 is 1.10 bits per heavy atom. The van der Waals surface area contributed by atoms with Gasteiger partial charge >= 0.3 is 0 Å². The lowest BCUT2D eigenvalue weighted by Crippen LogP contribution is -1.95. The molecule has 0 saturated carbocycles. The van der Waals surface area contributed by atoms with Crippen LogP contribution in [-0.2, 0) is 6.42 Å². The Labute approximate surface area is 120 Å². The van der Waals surface area contributed by atoms with Crippen molar-refractivity contribution >= 4 is 21.9 Å². The van der Waals surface area contributed by atoms with Crippen LogP contribution in [0.1, 0.15) is 12.5 Å². The number of aryl methyl sites for hydroxylation is 1. The summed E-state index contributed by atoms with van der Waals surface area (Å²) in [7, 11) is 0. The average molecular weight is 288 g/mol. The van der Waals surface area contributed by atoms with E-state index in [1.165, 1.54) is 12.1 Å². The van der Waals surface area contributed by atoms with Gasteiger partial charge in [0.15, 0.2) is 22.7 Å². The van der Waals surface area contributed by atoms with Crippen LogP contribution in [0.15, 0.2) is 41.3 Å². The van der Waals surface area contributed by atoms with Crippen LogP contribution in [0, 0.1) is 11.6 Å². The number of benzene rings is 2. The van der Waals surface area contributed by atoms with Gasteiger partial charge in [0.25, 0.3) is 0 Å². The molecular weight excluding hydrogens is 274 g/mol. The van der Waals surface area contributed by atoms with Crippen LogP contribution in [-0.4, -0.2) is 6.61 Å². The maximum atomic E-state index is 14.4. The van der Waals surface area contributed by atoms with Gasteiger partial charge in [-0.2, -0.15) is 4.39 Å². The quantitative estimate of drug-likeness (QED) is 0.631. The third kappa shape index (κ3) is 2.07. The lowest BCUT2D eigenvalue weighted by molar-refractivity contribution is 0.341. The van der Waals surface area contributed by atoms with Gasteiger partial charge in [0.1, 0.15) is 6.61 Å². The van der Waals surface area contributed by atoms with E-state index in [1.807, 2.05) is 6.92 Å². The third-order valence-electron chi connectivity index (χ3n) is 3.47. The highest BCUT2D eigenvalue weighted by molar-refractivity contribution is 6.05. The number of ether oxygens (including phenoxy) is 1. The minimum absolute atomic E-state index is 0.0127. The van der Waals surface area contributed by atoms with Crippen LogP contribution in [0.3, 0.4) is 0 Å². The second-order valence-electron chi connectivity index (χ2n) is 4.73. The van der Waals surface area contributed by atoms with Gasteiger partial charge in [-0.1, -0.05) is 25.6 Å². The molecule has 0 aliphatic rings. The number of rotatable bonds is 4. The first-order chi connectivity index (χ1) is 10.2. The minimum atomic E-state index is -0.622. The van der Waals surface area contributed by atoms with E-state index in [-0.39, 0.29) is 23.5 Å². The first kappa shape index (κ1) is 13.6. The molecular formula is C17H14F2O2. The molecule has 0 saturated heterocycles. The zero-order valence-corrected chi connectivity index (χ0v) is 11.6. The van der Waals surface area contributed by atoms with E-state index in [0.29, 0.717) is 22.8 Å². The predicted octanol–water partition coefficient (Wildman–Crippen LogP) is 4.99. The van der Waals surface area contributed by atoms with Crippen molar-refractivity contribution < 1.29 is 17.9 Å². The summed E-state index contributed by atoms with van der Waals surface area (Å²) in [5.41, 5.74) is 0.646. The monoisotopic (exact) mass is 288 g/mol. The van der Waals surface area contributed by atoms with Crippen molar-refractivity contribution in [2.45, 2.75) is 13.3 Å². The fraction of sp³-hybridized carbons (Fsp3) is 0.176. The van der Waals surface area contributed by atoms with Crippen LogP contribution in [0.25, 0.3) is 21.9 Å². The summed E-state index contributed by atoms with van der Waals surface area (Å²) in [5, 5.41) is 1.10. The zero-order chi connectivity index (χ0) is 15.0. The third-order valence-corrected chi connectivity index (χ3v) is 3.47. The molecule has 2 nitrogen and oxygen atoms in total. The summed E-state index contributed by atoms with van der Waals surface area (Å²) in [6.45, 7) is 5.56. The molecule has 3 rings (SSSR count). The highest BCUT2D eigenvalue weighted by Crippen LogP contribution is 2.36. The molecule has 0 spiro atoms.